The SMILES string of the molecule is CC(N)CCSCC(=O)NC(=O)NCc1ccco1. The number of hydrogen-bond acceptors (Lipinski definition) is 5. The molecule has 1 heterocycles. The molecule has 0 saturated heterocycles. The van der Waals surface area contributed by atoms with Gasteiger partial charge in [0.1, 0.15) is 5.76 Å². The lowest BCUT2D eigenvalue weighted by molar-refractivity contribution is -0.117. The third kappa shape index (κ3) is 7.53. The summed E-state index contributed by atoms with van der Waals surface area (Å²) in [5, 5.41) is 4.78. The molecule has 0 spiro atoms. The number of carbonyl (C=O) groups excluding carboxylic acids is 2. The van der Waals surface area contributed by atoms with Gasteiger partial charge in [0.2, 0.25) is 5.91 Å². The summed E-state index contributed by atoms with van der Waals surface area (Å²) in [6, 6.07) is 3.09. The van der Waals surface area contributed by atoms with Gasteiger partial charge >= 0.3 is 6.03 Å². The van der Waals surface area contributed by atoms with Crippen molar-refractivity contribution in [3.63, 3.8) is 0 Å². The summed E-state index contributed by atoms with van der Waals surface area (Å²) in [6.45, 7) is 2.17. The van der Waals surface area contributed by atoms with E-state index >= 15 is 0 Å². The van der Waals surface area contributed by atoms with Crippen LogP contribution >= 0.6 is 11.8 Å². The van der Waals surface area contributed by atoms with E-state index in [1.165, 1.54) is 18.0 Å². The highest BCUT2D eigenvalue weighted by Gasteiger charge is 2.08. The quantitative estimate of drug-likeness (QED) is 0.651. The fourth-order valence-electron chi connectivity index (χ4n) is 1.22. The molecule has 1 aromatic rings. The third-order valence-corrected chi connectivity index (χ3v) is 3.20. The molecule has 1 rings (SSSR count). The molecule has 1 atom stereocenters. The molecule has 3 amide bonds. The number of nitrogens with two attached hydrogens (primary N) is 1. The molecular formula is C12H19N3O3S. The van der Waals surface area contributed by atoms with Gasteiger partial charge in [-0.3, -0.25) is 10.1 Å². The Kier molecular flexibility index (Phi) is 7.06. The predicted molar refractivity (Wildman–Crippen MR) is 74.7 cm³/mol. The van der Waals surface area contributed by atoms with E-state index in [1.54, 1.807) is 12.1 Å². The van der Waals surface area contributed by atoms with Crippen LogP contribution < -0.4 is 16.4 Å². The first-order chi connectivity index (χ1) is 9.08. The van der Waals surface area contributed by atoms with E-state index in [9.17, 15) is 9.59 Å². The molecular weight excluding hydrogens is 266 g/mol. The van der Waals surface area contributed by atoms with Crippen molar-refractivity contribution in [2.24, 2.45) is 5.73 Å². The first-order valence-corrected chi connectivity index (χ1v) is 7.17. The van der Waals surface area contributed by atoms with Gasteiger partial charge < -0.3 is 15.5 Å². The maximum atomic E-state index is 11.4. The van der Waals surface area contributed by atoms with Crippen molar-refractivity contribution < 1.29 is 14.0 Å². The van der Waals surface area contributed by atoms with E-state index < -0.39 is 6.03 Å². The Morgan fingerprint density at radius 3 is 2.95 bits per heavy atom. The lowest BCUT2D eigenvalue weighted by Gasteiger charge is -2.06. The molecule has 0 radical (unpaired) electrons. The van der Waals surface area contributed by atoms with E-state index in [2.05, 4.69) is 10.6 Å². The largest absolute Gasteiger partial charge is 0.467 e. The predicted octanol–water partition coefficient (Wildman–Crippen LogP) is 1.08. The minimum Gasteiger partial charge on any atom is -0.467 e. The van der Waals surface area contributed by atoms with Gasteiger partial charge in [-0.15, -0.1) is 0 Å². The molecule has 1 unspecified atom stereocenters. The molecule has 106 valence electrons. The van der Waals surface area contributed by atoms with Gasteiger partial charge in [-0.2, -0.15) is 11.8 Å². The van der Waals surface area contributed by atoms with Crippen molar-refractivity contribution in [1.82, 2.24) is 10.6 Å². The Bertz CT molecular complexity index is 393. The molecule has 0 fully saturated rings. The van der Waals surface area contributed by atoms with Gasteiger partial charge in [-0.05, 0) is 31.2 Å². The summed E-state index contributed by atoms with van der Waals surface area (Å²) in [5.41, 5.74) is 5.59. The zero-order valence-corrected chi connectivity index (χ0v) is 11.7. The van der Waals surface area contributed by atoms with Crippen LogP contribution in [0.15, 0.2) is 22.8 Å². The second-order valence-electron chi connectivity index (χ2n) is 4.13. The maximum Gasteiger partial charge on any atom is 0.321 e. The average molecular weight is 285 g/mol. The standard InChI is InChI=1S/C12H19N3O3S/c1-9(13)4-6-19-8-11(16)15-12(17)14-7-10-3-2-5-18-10/h2-3,5,9H,4,6-8,13H2,1H3,(H2,14,15,16,17). The molecule has 19 heavy (non-hydrogen) atoms. The second-order valence-corrected chi connectivity index (χ2v) is 5.23. The highest BCUT2D eigenvalue weighted by atomic mass is 32.2. The number of rotatable bonds is 7. The molecule has 7 heteroatoms. The Hall–Kier alpha value is -1.47. The Balaban J connectivity index is 2.09. The molecule has 1 aromatic heterocycles. The second kappa shape index (κ2) is 8.60. The van der Waals surface area contributed by atoms with E-state index in [4.69, 9.17) is 10.2 Å². The smallest absolute Gasteiger partial charge is 0.321 e. The molecule has 0 aromatic carbocycles. The number of hydrogen-bond donors (Lipinski definition) is 3. The summed E-state index contributed by atoms with van der Waals surface area (Å²) in [7, 11) is 0. The molecule has 0 bridgehead atoms. The Morgan fingerprint density at radius 2 is 2.32 bits per heavy atom. The fourth-order valence-corrected chi connectivity index (χ4v) is 2.16. The van der Waals surface area contributed by atoms with E-state index in [1.807, 2.05) is 6.92 Å². The highest BCUT2D eigenvalue weighted by molar-refractivity contribution is 7.99. The molecule has 0 aliphatic heterocycles. The van der Waals surface area contributed by atoms with Crippen LogP contribution in [0.5, 0.6) is 0 Å². The number of carbonyl (C=O) groups is 2. The van der Waals surface area contributed by atoms with Gasteiger partial charge in [0.15, 0.2) is 0 Å². The van der Waals surface area contributed by atoms with Crippen molar-refractivity contribution in [3.8, 4) is 0 Å². The van der Waals surface area contributed by atoms with Crippen molar-refractivity contribution in [3.05, 3.63) is 24.2 Å². The first-order valence-electron chi connectivity index (χ1n) is 6.01. The molecule has 0 saturated carbocycles. The number of imide groups is 1. The van der Waals surface area contributed by atoms with Crippen molar-refractivity contribution in [2.75, 3.05) is 11.5 Å². The highest BCUT2D eigenvalue weighted by Crippen LogP contribution is 2.03. The van der Waals surface area contributed by atoms with Crippen LogP contribution in [0.2, 0.25) is 0 Å². The number of urea groups is 1. The van der Waals surface area contributed by atoms with Gasteiger partial charge in [0.25, 0.3) is 0 Å². The maximum absolute atomic E-state index is 11.4. The van der Waals surface area contributed by atoms with E-state index in [0.29, 0.717) is 5.76 Å². The monoisotopic (exact) mass is 285 g/mol. The van der Waals surface area contributed by atoms with Crippen LogP contribution in [-0.2, 0) is 11.3 Å². The Labute approximate surface area is 116 Å². The number of amides is 3. The topological polar surface area (TPSA) is 97.4 Å². The van der Waals surface area contributed by atoms with Crippen LogP contribution in [0.25, 0.3) is 0 Å². The van der Waals surface area contributed by atoms with Gasteiger partial charge in [0.05, 0.1) is 18.6 Å². The minimum absolute atomic E-state index is 0.132. The summed E-state index contributed by atoms with van der Waals surface area (Å²) < 4.78 is 5.05. The summed E-state index contributed by atoms with van der Waals surface area (Å²) in [4.78, 5) is 22.8. The van der Waals surface area contributed by atoms with E-state index in [0.717, 1.165) is 12.2 Å². The van der Waals surface area contributed by atoms with Gasteiger partial charge in [-0.25, -0.2) is 4.79 Å². The van der Waals surface area contributed by atoms with Crippen LogP contribution in [0.1, 0.15) is 19.1 Å². The fraction of sp³-hybridized carbons (Fsp3) is 0.500. The molecule has 0 aliphatic carbocycles. The molecule has 6 nitrogen and oxygen atoms in total. The zero-order valence-electron chi connectivity index (χ0n) is 10.8. The Morgan fingerprint density at radius 1 is 1.53 bits per heavy atom. The third-order valence-electron chi connectivity index (χ3n) is 2.21. The van der Waals surface area contributed by atoms with Crippen LogP contribution in [-0.4, -0.2) is 29.5 Å². The zero-order chi connectivity index (χ0) is 14.1. The normalized spacial score (nSPS) is 11.9. The molecule has 4 N–H and O–H groups in total. The first kappa shape index (κ1) is 15.6. The number of furan rings is 1. The van der Waals surface area contributed by atoms with Gasteiger partial charge in [-0.1, -0.05) is 0 Å². The average Bonchev–Trinajstić information content (AvgIpc) is 2.85. The van der Waals surface area contributed by atoms with Gasteiger partial charge in [0, 0.05) is 6.04 Å². The minimum atomic E-state index is -0.519. The number of thioether (sulfide) groups is 1. The lowest BCUT2D eigenvalue weighted by Crippen LogP contribution is -2.40. The van der Waals surface area contributed by atoms with E-state index in [-0.39, 0.29) is 24.2 Å². The molecule has 0 aliphatic rings. The number of nitrogens with one attached hydrogen (secondary N) is 2. The lowest BCUT2D eigenvalue weighted by atomic mass is 10.3. The summed E-state index contributed by atoms with van der Waals surface area (Å²) in [6.07, 6.45) is 2.37. The van der Waals surface area contributed by atoms with Crippen LogP contribution in [0, 0.1) is 0 Å². The van der Waals surface area contributed by atoms with Crippen LogP contribution in [0.3, 0.4) is 0 Å². The van der Waals surface area contributed by atoms with Crippen LogP contribution in [0.4, 0.5) is 4.79 Å². The van der Waals surface area contributed by atoms with Crippen molar-refractivity contribution in [1.29, 1.82) is 0 Å². The summed E-state index contributed by atoms with van der Waals surface area (Å²) in [5.74, 6) is 1.38. The van der Waals surface area contributed by atoms with Crippen molar-refractivity contribution in [2.45, 2.75) is 25.9 Å². The van der Waals surface area contributed by atoms with Crippen molar-refractivity contribution >= 4 is 23.7 Å². The summed E-state index contributed by atoms with van der Waals surface area (Å²) >= 11 is 1.46.